The summed E-state index contributed by atoms with van der Waals surface area (Å²) in [6, 6.07) is 7.11. The normalized spacial score (nSPS) is 10.1. The standard InChI is InChI=1S/C11H8ClN3O3/c1-7-4-2-3-5-9(7)18-10-8(15(16)17)6-13-11(12)14-10/h2-6H,1H3. The fraction of sp³-hybridized carbons (Fsp3) is 0.0909. The monoisotopic (exact) mass is 265 g/mol. The molecule has 18 heavy (non-hydrogen) atoms. The van der Waals surface area contributed by atoms with Crippen LogP contribution in [0.15, 0.2) is 30.5 Å². The summed E-state index contributed by atoms with van der Waals surface area (Å²) in [5.74, 6) is 0.310. The molecule has 0 aliphatic carbocycles. The molecule has 1 aromatic carbocycles. The van der Waals surface area contributed by atoms with Gasteiger partial charge < -0.3 is 4.74 Å². The maximum absolute atomic E-state index is 10.8. The van der Waals surface area contributed by atoms with Gasteiger partial charge in [-0.2, -0.15) is 4.98 Å². The van der Waals surface area contributed by atoms with E-state index in [0.29, 0.717) is 5.75 Å². The molecule has 92 valence electrons. The van der Waals surface area contributed by atoms with E-state index in [4.69, 9.17) is 16.3 Å². The van der Waals surface area contributed by atoms with Gasteiger partial charge in [0.25, 0.3) is 0 Å². The van der Waals surface area contributed by atoms with Crippen molar-refractivity contribution in [3.05, 3.63) is 51.4 Å². The highest BCUT2D eigenvalue weighted by atomic mass is 35.5. The van der Waals surface area contributed by atoms with Crippen LogP contribution in [0.1, 0.15) is 5.56 Å². The lowest BCUT2D eigenvalue weighted by Crippen LogP contribution is -1.98. The van der Waals surface area contributed by atoms with Crippen LogP contribution in [-0.2, 0) is 0 Å². The summed E-state index contributed by atoms with van der Waals surface area (Å²) in [6.45, 7) is 1.82. The molecule has 1 heterocycles. The first-order chi connectivity index (χ1) is 8.58. The maximum atomic E-state index is 10.8. The Morgan fingerprint density at radius 3 is 2.78 bits per heavy atom. The van der Waals surface area contributed by atoms with Crippen molar-refractivity contribution in [2.24, 2.45) is 0 Å². The summed E-state index contributed by atoms with van der Waals surface area (Å²) >= 11 is 5.60. The van der Waals surface area contributed by atoms with Crippen LogP contribution in [0.5, 0.6) is 11.6 Å². The molecule has 0 atom stereocenters. The van der Waals surface area contributed by atoms with E-state index in [-0.39, 0.29) is 16.9 Å². The van der Waals surface area contributed by atoms with E-state index in [1.165, 1.54) is 0 Å². The van der Waals surface area contributed by atoms with Crippen molar-refractivity contribution in [3.63, 3.8) is 0 Å². The topological polar surface area (TPSA) is 78.2 Å². The van der Waals surface area contributed by atoms with Crippen LogP contribution in [0.4, 0.5) is 5.69 Å². The van der Waals surface area contributed by atoms with Crippen LogP contribution in [0.3, 0.4) is 0 Å². The molecule has 0 saturated carbocycles. The Hall–Kier alpha value is -2.21. The van der Waals surface area contributed by atoms with Gasteiger partial charge in [-0.3, -0.25) is 10.1 Å². The molecule has 1 aromatic heterocycles. The van der Waals surface area contributed by atoms with Crippen molar-refractivity contribution in [2.75, 3.05) is 0 Å². The third kappa shape index (κ3) is 2.54. The van der Waals surface area contributed by atoms with Crippen LogP contribution < -0.4 is 4.74 Å². The number of rotatable bonds is 3. The second-order valence-corrected chi connectivity index (χ2v) is 3.79. The van der Waals surface area contributed by atoms with Gasteiger partial charge in [0.1, 0.15) is 11.9 Å². The second-order valence-electron chi connectivity index (χ2n) is 3.45. The van der Waals surface area contributed by atoms with Gasteiger partial charge in [0, 0.05) is 0 Å². The molecular formula is C11H8ClN3O3. The van der Waals surface area contributed by atoms with Crippen molar-refractivity contribution in [3.8, 4) is 11.6 Å². The predicted molar refractivity (Wildman–Crippen MR) is 64.9 cm³/mol. The van der Waals surface area contributed by atoms with Gasteiger partial charge in [0.15, 0.2) is 0 Å². The summed E-state index contributed by atoms with van der Waals surface area (Å²) in [7, 11) is 0. The molecule has 0 amide bonds. The minimum absolute atomic E-state index is 0.107. The number of ether oxygens (including phenoxy) is 1. The highest BCUT2D eigenvalue weighted by Gasteiger charge is 2.19. The van der Waals surface area contributed by atoms with E-state index < -0.39 is 4.92 Å². The molecule has 2 rings (SSSR count). The molecule has 2 aromatic rings. The summed E-state index contributed by atoms with van der Waals surface area (Å²) < 4.78 is 5.41. The van der Waals surface area contributed by atoms with Crippen molar-refractivity contribution in [1.29, 1.82) is 0 Å². The van der Waals surface area contributed by atoms with Crippen LogP contribution in [0.2, 0.25) is 5.28 Å². The zero-order chi connectivity index (χ0) is 13.1. The fourth-order valence-electron chi connectivity index (χ4n) is 1.31. The minimum atomic E-state index is -0.621. The third-order valence-corrected chi connectivity index (χ3v) is 2.39. The highest BCUT2D eigenvalue weighted by Crippen LogP contribution is 2.30. The molecule has 0 radical (unpaired) electrons. The van der Waals surface area contributed by atoms with Crippen LogP contribution >= 0.6 is 11.6 Å². The Bertz CT molecular complexity index is 604. The first-order valence-corrected chi connectivity index (χ1v) is 5.36. The average Bonchev–Trinajstić information content (AvgIpc) is 2.32. The van der Waals surface area contributed by atoms with E-state index in [2.05, 4.69) is 9.97 Å². The molecule has 7 heteroatoms. The molecule has 0 aliphatic heterocycles. The Kier molecular flexibility index (Phi) is 3.38. The van der Waals surface area contributed by atoms with Crippen LogP contribution in [0.25, 0.3) is 0 Å². The SMILES string of the molecule is Cc1ccccc1Oc1nc(Cl)ncc1[N+](=O)[O-]. The van der Waals surface area contributed by atoms with Crippen molar-refractivity contribution in [2.45, 2.75) is 6.92 Å². The molecule has 6 nitrogen and oxygen atoms in total. The summed E-state index contributed by atoms with van der Waals surface area (Å²) in [4.78, 5) is 17.5. The lowest BCUT2D eigenvalue weighted by molar-refractivity contribution is -0.386. The van der Waals surface area contributed by atoms with E-state index in [1.807, 2.05) is 19.1 Å². The minimum Gasteiger partial charge on any atom is -0.433 e. The largest absolute Gasteiger partial charge is 0.433 e. The first-order valence-electron chi connectivity index (χ1n) is 4.98. The van der Waals surface area contributed by atoms with Gasteiger partial charge in [0.05, 0.1) is 4.92 Å². The van der Waals surface area contributed by atoms with Gasteiger partial charge >= 0.3 is 11.6 Å². The molecule has 0 N–H and O–H groups in total. The Balaban J connectivity index is 2.42. The van der Waals surface area contributed by atoms with Gasteiger partial charge in [-0.1, -0.05) is 18.2 Å². The fourth-order valence-corrected chi connectivity index (χ4v) is 1.44. The highest BCUT2D eigenvalue weighted by molar-refractivity contribution is 6.28. The molecule has 0 fully saturated rings. The van der Waals surface area contributed by atoms with Gasteiger partial charge in [-0.05, 0) is 30.2 Å². The Morgan fingerprint density at radius 1 is 1.39 bits per heavy atom. The number of aromatic nitrogens is 2. The number of hydrogen-bond acceptors (Lipinski definition) is 5. The van der Waals surface area contributed by atoms with Crippen molar-refractivity contribution < 1.29 is 9.66 Å². The molecule has 0 saturated heterocycles. The number of nitrogens with zero attached hydrogens (tertiary/aromatic N) is 3. The quantitative estimate of drug-likeness (QED) is 0.484. The molecular weight excluding hydrogens is 258 g/mol. The smallest absolute Gasteiger partial charge is 0.349 e. The maximum Gasteiger partial charge on any atom is 0.349 e. The van der Waals surface area contributed by atoms with Gasteiger partial charge in [0.2, 0.25) is 5.28 Å². The molecule has 0 aliphatic rings. The predicted octanol–water partition coefficient (Wildman–Crippen LogP) is 3.14. The number of nitro groups is 1. The number of para-hydroxylation sites is 1. The van der Waals surface area contributed by atoms with Crippen LogP contribution in [0, 0.1) is 17.0 Å². The van der Waals surface area contributed by atoms with E-state index in [1.54, 1.807) is 12.1 Å². The molecule has 0 unspecified atom stereocenters. The number of benzene rings is 1. The van der Waals surface area contributed by atoms with Crippen molar-refractivity contribution in [1.82, 2.24) is 9.97 Å². The van der Waals surface area contributed by atoms with E-state index >= 15 is 0 Å². The second kappa shape index (κ2) is 4.97. The molecule has 0 spiro atoms. The van der Waals surface area contributed by atoms with Gasteiger partial charge in [-0.15, -0.1) is 0 Å². The number of halogens is 1. The zero-order valence-electron chi connectivity index (χ0n) is 9.33. The average molecular weight is 266 g/mol. The van der Waals surface area contributed by atoms with E-state index in [0.717, 1.165) is 11.8 Å². The Labute approximate surface area is 107 Å². The summed E-state index contributed by atoms with van der Waals surface area (Å²) in [5.41, 5.74) is 0.504. The number of aryl methyl sites for hydroxylation is 1. The summed E-state index contributed by atoms with van der Waals surface area (Å²) in [6.07, 6.45) is 1.02. The van der Waals surface area contributed by atoms with Gasteiger partial charge in [-0.25, -0.2) is 4.98 Å². The van der Waals surface area contributed by atoms with Crippen LogP contribution in [-0.4, -0.2) is 14.9 Å². The van der Waals surface area contributed by atoms with E-state index in [9.17, 15) is 10.1 Å². The zero-order valence-corrected chi connectivity index (χ0v) is 10.1. The molecule has 0 bridgehead atoms. The lowest BCUT2D eigenvalue weighted by Gasteiger charge is -2.07. The third-order valence-electron chi connectivity index (χ3n) is 2.20. The number of hydrogen-bond donors (Lipinski definition) is 0. The van der Waals surface area contributed by atoms with Crippen molar-refractivity contribution >= 4 is 17.3 Å². The summed E-state index contributed by atoms with van der Waals surface area (Å²) in [5, 5.41) is 10.7. The Morgan fingerprint density at radius 2 is 2.11 bits per heavy atom. The lowest BCUT2D eigenvalue weighted by atomic mass is 10.2. The first kappa shape index (κ1) is 12.3.